The average Bonchev–Trinajstić information content (AvgIpc) is 3.22. The van der Waals surface area contributed by atoms with Crippen molar-refractivity contribution in [1.82, 2.24) is 9.97 Å². The van der Waals surface area contributed by atoms with Crippen molar-refractivity contribution in [1.29, 1.82) is 0 Å². The van der Waals surface area contributed by atoms with Gasteiger partial charge in [0, 0.05) is 16.9 Å². The molecule has 114 valence electrons. The number of benzene rings is 1. The first-order chi connectivity index (χ1) is 11.3. The Morgan fingerprint density at radius 1 is 1.09 bits per heavy atom. The summed E-state index contributed by atoms with van der Waals surface area (Å²) in [6.45, 7) is 0. The van der Waals surface area contributed by atoms with Crippen molar-refractivity contribution in [2.24, 2.45) is 0 Å². The van der Waals surface area contributed by atoms with Crippen molar-refractivity contribution in [2.45, 2.75) is 32.1 Å². The van der Waals surface area contributed by atoms with Crippen LogP contribution in [-0.2, 0) is 19.3 Å². The van der Waals surface area contributed by atoms with Crippen molar-refractivity contribution in [3.05, 3.63) is 46.1 Å². The Hall–Kier alpha value is -2.27. The predicted molar refractivity (Wildman–Crippen MR) is 88.6 cm³/mol. The smallest absolute Gasteiger partial charge is 0.231 e. The minimum Gasteiger partial charge on any atom is -0.438 e. The molecule has 0 fully saturated rings. The summed E-state index contributed by atoms with van der Waals surface area (Å²) in [6, 6.07) is 5.71. The molecule has 0 unspecified atom stereocenters. The lowest BCUT2D eigenvalue weighted by Crippen LogP contribution is -1.94. The van der Waals surface area contributed by atoms with E-state index in [2.05, 4.69) is 9.97 Å². The van der Waals surface area contributed by atoms with Gasteiger partial charge < -0.3 is 4.74 Å². The summed E-state index contributed by atoms with van der Waals surface area (Å²) in [5.74, 6) is 1.61. The van der Waals surface area contributed by atoms with Crippen molar-refractivity contribution in [3.63, 3.8) is 0 Å². The second-order valence-electron chi connectivity index (χ2n) is 6.06. The van der Waals surface area contributed by atoms with Gasteiger partial charge >= 0.3 is 0 Å². The molecular formula is C18H14N2O2S. The van der Waals surface area contributed by atoms with Crippen molar-refractivity contribution < 1.29 is 9.53 Å². The van der Waals surface area contributed by atoms with E-state index < -0.39 is 0 Å². The van der Waals surface area contributed by atoms with Crippen LogP contribution in [0, 0.1) is 0 Å². The molecule has 2 aromatic heterocycles. The van der Waals surface area contributed by atoms with Gasteiger partial charge in [-0.2, -0.15) is 0 Å². The van der Waals surface area contributed by atoms with Gasteiger partial charge in [0.25, 0.3) is 0 Å². The number of carbonyl (C=O) groups excluding carboxylic acids is 1. The Bertz CT molecular complexity index is 961. The van der Waals surface area contributed by atoms with E-state index >= 15 is 0 Å². The summed E-state index contributed by atoms with van der Waals surface area (Å²) in [4.78, 5) is 22.9. The van der Waals surface area contributed by atoms with Crippen LogP contribution in [0.3, 0.4) is 0 Å². The van der Waals surface area contributed by atoms with Crippen LogP contribution in [0.15, 0.2) is 24.5 Å². The van der Waals surface area contributed by atoms with E-state index in [1.54, 1.807) is 17.7 Å². The fraction of sp³-hybridized carbons (Fsp3) is 0.278. The zero-order valence-corrected chi connectivity index (χ0v) is 13.3. The summed E-state index contributed by atoms with van der Waals surface area (Å²) in [5.41, 5.74) is 3.27. The number of thiophene rings is 1. The monoisotopic (exact) mass is 322 g/mol. The Morgan fingerprint density at radius 2 is 2.04 bits per heavy atom. The number of fused-ring (bicyclic) bond motifs is 4. The molecule has 2 heterocycles. The van der Waals surface area contributed by atoms with E-state index in [0.717, 1.165) is 46.4 Å². The number of ketones is 1. The number of aryl methyl sites for hydroxylation is 3. The number of aromatic nitrogens is 2. The molecule has 0 bridgehead atoms. The summed E-state index contributed by atoms with van der Waals surface area (Å²) >= 11 is 1.76. The molecule has 5 heteroatoms. The van der Waals surface area contributed by atoms with Crippen molar-refractivity contribution in [2.75, 3.05) is 0 Å². The van der Waals surface area contributed by atoms with E-state index in [1.165, 1.54) is 16.9 Å². The number of rotatable bonds is 2. The van der Waals surface area contributed by atoms with Crippen LogP contribution in [0.4, 0.5) is 0 Å². The topological polar surface area (TPSA) is 52.1 Å². The average molecular weight is 322 g/mol. The highest BCUT2D eigenvalue weighted by molar-refractivity contribution is 7.18. The first kappa shape index (κ1) is 13.2. The van der Waals surface area contributed by atoms with E-state index in [4.69, 9.17) is 4.74 Å². The molecular weight excluding hydrogens is 308 g/mol. The molecule has 2 aliphatic rings. The van der Waals surface area contributed by atoms with Gasteiger partial charge in [0.05, 0.1) is 5.39 Å². The lowest BCUT2D eigenvalue weighted by Gasteiger charge is -2.08. The Morgan fingerprint density at radius 3 is 3.00 bits per heavy atom. The number of ether oxygens (including phenoxy) is 1. The van der Waals surface area contributed by atoms with Crippen LogP contribution in [0.1, 0.15) is 39.2 Å². The SMILES string of the molecule is O=C1CCc2cc(Oc3ncnc4sc5c(c34)CCC5)ccc21. The Balaban J connectivity index is 1.58. The van der Waals surface area contributed by atoms with E-state index in [9.17, 15) is 4.79 Å². The number of nitrogens with zero attached hydrogens (tertiary/aromatic N) is 2. The third kappa shape index (κ3) is 2.00. The highest BCUT2D eigenvalue weighted by Gasteiger charge is 2.23. The molecule has 0 spiro atoms. The molecule has 0 amide bonds. The molecule has 5 rings (SSSR count). The second kappa shape index (κ2) is 4.86. The van der Waals surface area contributed by atoms with Gasteiger partial charge in [-0.15, -0.1) is 11.3 Å². The molecule has 0 N–H and O–H groups in total. The molecule has 0 atom stereocenters. The lowest BCUT2D eigenvalue weighted by atomic mass is 10.1. The first-order valence-corrected chi connectivity index (χ1v) is 8.70. The largest absolute Gasteiger partial charge is 0.438 e. The molecule has 3 aromatic rings. The number of hydrogen-bond acceptors (Lipinski definition) is 5. The van der Waals surface area contributed by atoms with Gasteiger partial charge in [-0.05, 0) is 55.0 Å². The number of hydrogen-bond donors (Lipinski definition) is 0. The third-order valence-corrected chi connectivity index (χ3v) is 5.88. The maximum atomic E-state index is 11.7. The van der Waals surface area contributed by atoms with Crippen LogP contribution in [-0.4, -0.2) is 15.8 Å². The van der Waals surface area contributed by atoms with Crippen LogP contribution < -0.4 is 4.74 Å². The van der Waals surface area contributed by atoms with Crippen molar-refractivity contribution in [3.8, 4) is 11.6 Å². The van der Waals surface area contributed by atoms with E-state index in [0.29, 0.717) is 12.3 Å². The highest BCUT2D eigenvalue weighted by atomic mass is 32.1. The Kier molecular flexibility index (Phi) is 2.79. The van der Waals surface area contributed by atoms with Gasteiger partial charge in [-0.1, -0.05) is 0 Å². The maximum absolute atomic E-state index is 11.7. The number of carbonyl (C=O) groups is 1. The standard InChI is InChI=1S/C18H14N2O2S/c21-14-7-4-10-8-11(5-6-12(10)14)22-17-16-13-2-1-3-15(13)23-18(16)20-9-19-17/h5-6,8-9H,1-4,7H2. The first-order valence-electron chi connectivity index (χ1n) is 7.89. The summed E-state index contributed by atoms with van der Waals surface area (Å²) in [5, 5.41) is 1.07. The molecule has 0 radical (unpaired) electrons. The zero-order valence-electron chi connectivity index (χ0n) is 12.5. The molecule has 0 saturated carbocycles. The van der Waals surface area contributed by atoms with Gasteiger partial charge in [0.2, 0.25) is 5.88 Å². The molecule has 0 aliphatic heterocycles. The van der Waals surface area contributed by atoms with Crippen LogP contribution in [0.25, 0.3) is 10.2 Å². The van der Waals surface area contributed by atoms with E-state index in [1.807, 2.05) is 18.2 Å². The summed E-state index contributed by atoms with van der Waals surface area (Å²) in [6.07, 6.45) is 6.40. The minimum absolute atomic E-state index is 0.228. The van der Waals surface area contributed by atoms with Crippen LogP contribution >= 0.6 is 11.3 Å². The predicted octanol–water partition coefficient (Wildman–Crippen LogP) is 4.10. The molecule has 4 nitrogen and oxygen atoms in total. The quantitative estimate of drug-likeness (QED) is 0.713. The third-order valence-electron chi connectivity index (χ3n) is 4.68. The number of Topliss-reactive ketones (excluding diaryl/α,β-unsaturated/α-hetero) is 1. The fourth-order valence-corrected chi connectivity index (χ4v) is 4.80. The maximum Gasteiger partial charge on any atom is 0.231 e. The summed E-state index contributed by atoms with van der Waals surface area (Å²) in [7, 11) is 0. The van der Waals surface area contributed by atoms with Gasteiger partial charge in [-0.3, -0.25) is 4.79 Å². The summed E-state index contributed by atoms with van der Waals surface area (Å²) < 4.78 is 6.08. The Labute approximate surface area is 137 Å². The van der Waals surface area contributed by atoms with Gasteiger partial charge in [-0.25, -0.2) is 9.97 Å². The normalized spacial score (nSPS) is 15.9. The second-order valence-corrected chi connectivity index (χ2v) is 7.14. The lowest BCUT2D eigenvalue weighted by molar-refractivity contribution is 0.0994. The van der Waals surface area contributed by atoms with Gasteiger partial charge in [0.1, 0.15) is 16.9 Å². The molecule has 1 aromatic carbocycles. The van der Waals surface area contributed by atoms with Crippen molar-refractivity contribution >= 4 is 27.3 Å². The molecule has 0 saturated heterocycles. The molecule has 23 heavy (non-hydrogen) atoms. The minimum atomic E-state index is 0.228. The zero-order chi connectivity index (χ0) is 15.4. The highest BCUT2D eigenvalue weighted by Crippen LogP contribution is 2.41. The molecule has 2 aliphatic carbocycles. The fourth-order valence-electron chi connectivity index (χ4n) is 3.58. The van der Waals surface area contributed by atoms with Crippen LogP contribution in [0.2, 0.25) is 0 Å². The van der Waals surface area contributed by atoms with E-state index in [-0.39, 0.29) is 5.78 Å². The van der Waals surface area contributed by atoms with Gasteiger partial charge in [0.15, 0.2) is 5.78 Å². The van der Waals surface area contributed by atoms with Crippen LogP contribution in [0.5, 0.6) is 11.6 Å².